The first kappa shape index (κ1) is 51.7. The zero-order valence-electron chi connectivity index (χ0n) is 35.2. The second-order valence-corrected chi connectivity index (χ2v) is 17.5. The minimum atomic E-state index is -4.59. The molecule has 2 N–H and O–H groups in total. The van der Waals surface area contributed by atoms with Gasteiger partial charge in [0.15, 0.2) is 0 Å². The normalized spacial score (nSPS) is 14.8. The molecule has 3 unspecified atom stereocenters. The molecule has 3 atom stereocenters. The number of nitrogens with one attached hydrogen (secondary N) is 1. The number of amides is 1. The van der Waals surface area contributed by atoms with Crippen molar-refractivity contribution in [2.75, 3.05) is 40.9 Å². The third-order valence-corrected chi connectivity index (χ3v) is 10.5. The first-order valence-electron chi connectivity index (χ1n) is 21.9. The van der Waals surface area contributed by atoms with Gasteiger partial charge >= 0.3 is 0 Å². The Bertz CT molecular complexity index is 964. The molecule has 0 spiro atoms. The van der Waals surface area contributed by atoms with Crippen molar-refractivity contribution in [3.8, 4) is 0 Å². The minimum absolute atomic E-state index is 0.00422. The summed E-state index contributed by atoms with van der Waals surface area (Å²) in [6, 6.07) is -0.891. The summed E-state index contributed by atoms with van der Waals surface area (Å²) in [5, 5.41) is 13.8. The smallest absolute Gasteiger partial charge is 0.268 e. The molecule has 0 fully saturated rings. The predicted molar refractivity (Wildman–Crippen MR) is 224 cm³/mol. The average Bonchev–Trinajstić information content (AvgIpc) is 3.10. The number of carbonyl (C=O) groups is 1. The van der Waals surface area contributed by atoms with Crippen LogP contribution in [0.3, 0.4) is 0 Å². The predicted octanol–water partition coefficient (Wildman–Crippen LogP) is 11.3. The molecule has 0 saturated carbocycles. The zero-order valence-corrected chi connectivity index (χ0v) is 36.1. The van der Waals surface area contributed by atoms with Crippen molar-refractivity contribution in [2.45, 2.75) is 199 Å². The molecule has 53 heavy (non-hydrogen) atoms. The highest BCUT2D eigenvalue weighted by Crippen LogP contribution is 2.38. The van der Waals surface area contributed by atoms with Crippen LogP contribution in [0.2, 0.25) is 0 Å². The van der Waals surface area contributed by atoms with Crippen LogP contribution in [0, 0.1) is 0 Å². The Labute approximate surface area is 327 Å². The second kappa shape index (κ2) is 36.4. The Morgan fingerprint density at radius 1 is 0.660 bits per heavy atom. The largest absolute Gasteiger partial charge is 0.756 e. The van der Waals surface area contributed by atoms with Crippen LogP contribution >= 0.6 is 7.82 Å². The maximum Gasteiger partial charge on any atom is 0.268 e. The number of hydrogen-bond acceptors (Lipinski definition) is 6. The van der Waals surface area contributed by atoms with Crippen molar-refractivity contribution in [3.63, 3.8) is 0 Å². The first-order chi connectivity index (χ1) is 25.5. The van der Waals surface area contributed by atoms with Crippen LogP contribution in [-0.2, 0) is 18.4 Å². The van der Waals surface area contributed by atoms with Crippen LogP contribution in [0.25, 0.3) is 0 Å². The third-order valence-electron chi connectivity index (χ3n) is 9.58. The lowest BCUT2D eigenvalue weighted by atomic mass is 10.0. The molecule has 8 nitrogen and oxygen atoms in total. The van der Waals surface area contributed by atoms with E-state index in [9.17, 15) is 19.4 Å². The van der Waals surface area contributed by atoms with Crippen LogP contribution in [0.15, 0.2) is 36.5 Å². The number of hydrogen-bond donors (Lipinski definition) is 2. The molecule has 0 aromatic rings. The van der Waals surface area contributed by atoms with E-state index >= 15 is 0 Å². The number of unbranched alkanes of at least 4 members (excludes halogenated alkanes) is 22. The number of allylic oxidation sites excluding steroid dienone is 5. The number of rotatable bonds is 39. The molecular weight excluding hydrogens is 683 g/mol. The molecule has 0 rings (SSSR count). The standard InChI is InChI=1S/C44H85N2O6P/c1-6-8-10-12-14-16-18-20-21-22-23-24-26-27-29-31-33-35-37-43(47)42(41-52-53(49,50)51-40-39-46(3,4)5)45-44(48)38-36-34-32-30-28-25-19-17-15-13-11-9-7-2/h11,13,17,19,35,37,42-43,47H,6-10,12,14-16,18,20-34,36,38-41H2,1-5H3,(H-,45,48,49,50)/b13-11-,19-17-,37-35+. The van der Waals surface area contributed by atoms with E-state index in [0.717, 1.165) is 70.6 Å². The van der Waals surface area contributed by atoms with Gasteiger partial charge in [0.1, 0.15) is 13.2 Å². The zero-order chi connectivity index (χ0) is 39.3. The molecule has 0 aromatic heterocycles. The number of phosphoric acid groups is 1. The monoisotopic (exact) mass is 769 g/mol. The summed E-state index contributed by atoms with van der Waals surface area (Å²) in [5.74, 6) is -0.213. The molecule has 0 bridgehead atoms. The van der Waals surface area contributed by atoms with Crippen molar-refractivity contribution in [3.05, 3.63) is 36.5 Å². The van der Waals surface area contributed by atoms with E-state index in [1.54, 1.807) is 6.08 Å². The summed E-state index contributed by atoms with van der Waals surface area (Å²) in [4.78, 5) is 25.2. The summed E-state index contributed by atoms with van der Waals surface area (Å²) < 4.78 is 23.2. The van der Waals surface area contributed by atoms with Crippen molar-refractivity contribution in [1.29, 1.82) is 0 Å². The topological polar surface area (TPSA) is 108 Å². The SMILES string of the molecule is CCC/C=C\C/C=C\CCCCCCCC(=O)NC(COP(=O)([O-])OCC[N+](C)(C)C)C(O)/C=C/CCCCCCCCCCCCCCCCCC. The fourth-order valence-electron chi connectivity index (χ4n) is 6.07. The molecule has 0 aliphatic heterocycles. The van der Waals surface area contributed by atoms with E-state index in [2.05, 4.69) is 43.5 Å². The fourth-order valence-corrected chi connectivity index (χ4v) is 6.79. The third kappa shape index (κ3) is 38.8. The van der Waals surface area contributed by atoms with E-state index in [1.165, 1.54) is 96.3 Å². The lowest BCUT2D eigenvalue weighted by molar-refractivity contribution is -0.870. The lowest BCUT2D eigenvalue weighted by Gasteiger charge is -2.29. The van der Waals surface area contributed by atoms with Gasteiger partial charge in [0, 0.05) is 6.42 Å². The highest BCUT2D eigenvalue weighted by molar-refractivity contribution is 7.45. The lowest BCUT2D eigenvalue weighted by Crippen LogP contribution is -2.45. The van der Waals surface area contributed by atoms with Crippen molar-refractivity contribution in [2.24, 2.45) is 0 Å². The number of carbonyl (C=O) groups excluding carboxylic acids is 1. The highest BCUT2D eigenvalue weighted by atomic mass is 31.2. The minimum Gasteiger partial charge on any atom is -0.756 e. The molecule has 9 heteroatoms. The Kier molecular flexibility index (Phi) is 35.5. The van der Waals surface area contributed by atoms with Crippen LogP contribution in [0.1, 0.15) is 187 Å². The number of quaternary nitrogens is 1. The molecular formula is C44H85N2O6P. The van der Waals surface area contributed by atoms with Gasteiger partial charge in [-0.2, -0.15) is 0 Å². The van der Waals surface area contributed by atoms with Gasteiger partial charge in [-0.15, -0.1) is 0 Å². The van der Waals surface area contributed by atoms with Gasteiger partial charge in [-0.05, 0) is 44.9 Å². The van der Waals surface area contributed by atoms with Gasteiger partial charge in [-0.3, -0.25) is 9.36 Å². The van der Waals surface area contributed by atoms with Crippen LogP contribution in [0.4, 0.5) is 0 Å². The Hall–Kier alpha value is -1.28. The molecule has 0 heterocycles. The number of aliphatic hydroxyl groups is 1. The molecule has 0 aromatic carbocycles. The van der Waals surface area contributed by atoms with E-state index < -0.39 is 20.0 Å². The van der Waals surface area contributed by atoms with Crippen molar-refractivity contribution in [1.82, 2.24) is 5.32 Å². The van der Waals surface area contributed by atoms with Gasteiger partial charge < -0.3 is 28.8 Å². The fraction of sp³-hybridized carbons (Fsp3) is 0.841. The van der Waals surface area contributed by atoms with E-state index in [1.807, 2.05) is 27.2 Å². The van der Waals surface area contributed by atoms with E-state index in [0.29, 0.717) is 17.4 Å². The van der Waals surface area contributed by atoms with Gasteiger partial charge in [-0.1, -0.05) is 172 Å². The quantitative estimate of drug-likeness (QED) is 0.0279. The van der Waals surface area contributed by atoms with E-state index in [-0.39, 0.29) is 19.1 Å². The summed E-state index contributed by atoms with van der Waals surface area (Å²) in [6.45, 7) is 4.56. The Morgan fingerprint density at radius 2 is 1.13 bits per heavy atom. The molecule has 0 saturated heterocycles. The number of likely N-dealkylation sites (N-methyl/N-ethyl adjacent to an activating group) is 1. The van der Waals surface area contributed by atoms with Crippen LogP contribution in [0.5, 0.6) is 0 Å². The second-order valence-electron chi connectivity index (χ2n) is 16.0. The highest BCUT2D eigenvalue weighted by Gasteiger charge is 2.23. The van der Waals surface area contributed by atoms with Gasteiger partial charge in [0.25, 0.3) is 7.82 Å². The summed E-state index contributed by atoms with van der Waals surface area (Å²) in [6.07, 6.45) is 43.3. The van der Waals surface area contributed by atoms with Crippen LogP contribution in [-0.4, -0.2) is 68.5 Å². The summed E-state index contributed by atoms with van der Waals surface area (Å²) in [7, 11) is 1.25. The van der Waals surface area contributed by atoms with Gasteiger partial charge in [0.2, 0.25) is 5.91 Å². The molecule has 0 radical (unpaired) electrons. The molecule has 1 amide bonds. The summed E-state index contributed by atoms with van der Waals surface area (Å²) >= 11 is 0. The Balaban J connectivity index is 4.44. The molecule has 312 valence electrons. The number of nitrogens with zero attached hydrogens (tertiary/aromatic N) is 1. The maximum atomic E-state index is 12.8. The maximum absolute atomic E-state index is 12.8. The first-order valence-corrected chi connectivity index (χ1v) is 23.3. The molecule has 0 aliphatic rings. The number of phosphoric ester groups is 1. The van der Waals surface area contributed by atoms with Gasteiger partial charge in [0.05, 0.1) is 39.9 Å². The Morgan fingerprint density at radius 3 is 1.64 bits per heavy atom. The average molecular weight is 769 g/mol. The number of aliphatic hydroxyl groups excluding tert-OH is 1. The summed E-state index contributed by atoms with van der Waals surface area (Å²) in [5.41, 5.74) is 0. The van der Waals surface area contributed by atoms with Gasteiger partial charge in [-0.25, -0.2) is 0 Å². The van der Waals surface area contributed by atoms with Crippen LogP contribution < -0.4 is 10.2 Å². The van der Waals surface area contributed by atoms with Crippen molar-refractivity contribution < 1.29 is 32.9 Å². The van der Waals surface area contributed by atoms with E-state index in [4.69, 9.17) is 9.05 Å². The molecule has 0 aliphatic carbocycles. The van der Waals surface area contributed by atoms with Crippen molar-refractivity contribution >= 4 is 13.7 Å².